The van der Waals surface area contributed by atoms with E-state index in [9.17, 15) is 51.6 Å². The average molecular weight is 1050 g/mol. The third kappa shape index (κ3) is 12.4. The van der Waals surface area contributed by atoms with Crippen molar-refractivity contribution in [1.82, 2.24) is 29.4 Å². The number of aryl methyl sites for hydroxylation is 1. The molecule has 0 saturated carbocycles. The van der Waals surface area contributed by atoms with Crippen molar-refractivity contribution in [2.45, 2.75) is 115 Å². The van der Waals surface area contributed by atoms with E-state index in [2.05, 4.69) is 58.6 Å². The summed E-state index contributed by atoms with van der Waals surface area (Å²) < 4.78 is 83.2. The molecule has 0 bridgehead atoms. The van der Waals surface area contributed by atoms with Gasteiger partial charge >= 0.3 is 15.6 Å². The molecule has 0 radical (unpaired) electrons. The first-order valence-electron chi connectivity index (χ1n) is 23.5. The van der Waals surface area contributed by atoms with Crippen LogP contribution in [0.5, 0.6) is 11.5 Å². The van der Waals surface area contributed by atoms with E-state index in [4.69, 9.17) is 24.7 Å². The van der Waals surface area contributed by atoms with Gasteiger partial charge in [-0.1, -0.05) is 12.8 Å². The molecule has 0 spiro atoms. The van der Waals surface area contributed by atoms with E-state index in [1.54, 1.807) is 0 Å². The minimum absolute atomic E-state index is 0.0308. The quantitative estimate of drug-likeness (QED) is 0.0220. The number of aliphatic hydroxyl groups is 1. The fraction of sp³-hybridized carbons (Fsp3) is 0.581. The number of nitrogens with one attached hydrogen (secondary N) is 2. The monoisotopic (exact) mass is 1050 g/mol. The van der Waals surface area contributed by atoms with Gasteiger partial charge in [0.25, 0.3) is 10.1 Å². The number of imidazole rings is 1. The highest BCUT2D eigenvalue weighted by Gasteiger charge is 2.50. The molecule has 1 unspecified atom stereocenters. The van der Waals surface area contributed by atoms with Crippen molar-refractivity contribution < 1.29 is 70.1 Å². The van der Waals surface area contributed by atoms with Gasteiger partial charge in [-0.05, 0) is 70.6 Å². The largest absolute Gasteiger partial charge is 0.470 e. The van der Waals surface area contributed by atoms with Gasteiger partial charge in [-0.15, -0.1) is 0 Å². The molecule has 28 heteroatoms. The Morgan fingerprint density at radius 3 is 2.51 bits per heavy atom. The Kier molecular flexibility index (Phi) is 15.6. The van der Waals surface area contributed by atoms with Crippen molar-refractivity contribution in [2.75, 3.05) is 61.0 Å². The topological polar surface area (TPSA) is 356 Å². The second-order valence-electron chi connectivity index (χ2n) is 18.8. The van der Waals surface area contributed by atoms with Crippen LogP contribution in [0.25, 0.3) is 11.2 Å². The number of ether oxygens (including phenoxy) is 2. The number of carbonyl (C=O) groups excluding carboxylic acids is 1. The van der Waals surface area contributed by atoms with Gasteiger partial charge in [0, 0.05) is 61.2 Å². The van der Waals surface area contributed by atoms with E-state index < -0.39 is 74.1 Å². The lowest BCUT2D eigenvalue weighted by atomic mass is 9.79. The number of anilines is 3. The molecular weight excluding hydrogens is 991 g/mol. The second-order valence-corrected chi connectivity index (χ2v) is 22.7. The summed E-state index contributed by atoms with van der Waals surface area (Å²) >= 11 is 0. The van der Waals surface area contributed by atoms with Crippen LogP contribution in [0.15, 0.2) is 35.6 Å². The van der Waals surface area contributed by atoms with E-state index in [1.165, 1.54) is 10.1 Å². The number of nitrogens with two attached hydrogens (primary N) is 1. The van der Waals surface area contributed by atoms with Gasteiger partial charge in [0.2, 0.25) is 17.2 Å². The van der Waals surface area contributed by atoms with Crippen LogP contribution in [0.3, 0.4) is 0 Å². The lowest BCUT2D eigenvalue weighted by Gasteiger charge is -2.48. The maximum atomic E-state index is 13.1. The number of phosphoric ester groups is 2. The summed E-state index contributed by atoms with van der Waals surface area (Å²) in [6.45, 7) is 8.44. The maximum absolute atomic E-state index is 13.1. The van der Waals surface area contributed by atoms with Gasteiger partial charge < -0.3 is 55.4 Å². The second kappa shape index (κ2) is 21.0. The number of aliphatic hydroxyl groups excluding tert-OH is 1. The smallest absolute Gasteiger partial charge is 0.452 e. The van der Waals surface area contributed by atoms with E-state index in [-0.39, 0.29) is 35.3 Å². The average Bonchev–Trinajstić information content (AvgIpc) is 3.80. The van der Waals surface area contributed by atoms with Gasteiger partial charge in [0.05, 0.1) is 18.4 Å². The first-order valence-corrected chi connectivity index (χ1v) is 28.1. The normalized spacial score (nSPS) is 21.7. The molecular formula is C43H61N10O15P2S+. The highest BCUT2D eigenvalue weighted by molar-refractivity contribution is 7.85. The summed E-state index contributed by atoms with van der Waals surface area (Å²) in [7, 11) is -14.6. The third-order valence-corrected chi connectivity index (χ3v) is 15.0. The van der Waals surface area contributed by atoms with Crippen LogP contribution in [0, 0.1) is 0 Å². The predicted molar refractivity (Wildman–Crippen MR) is 257 cm³/mol. The van der Waals surface area contributed by atoms with Crippen LogP contribution in [-0.2, 0) is 44.2 Å². The minimum atomic E-state index is -5.25. The fourth-order valence-electron chi connectivity index (χ4n) is 10.0. The molecule has 71 heavy (non-hydrogen) atoms. The molecule has 2 aromatic heterocycles. The van der Waals surface area contributed by atoms with Crippen LogP contribution in [-0.4, -0.2) is 132 Å². The lowest BCUT2D eigenvalue weighted by molar-refractivity contribution is -0.121. The Hall–Kier alpha value is -4.69. The van der Waals surface area contributed by atoms with Crippen LogP contribution in [0.1, 0.15) is 95.4 Å². The third-order valence-electron chi connectivity index (χ3n) is 13.2. The zero-order valence-corrected chi connectivity index (χ0v) is 42.1. The summed E-state index contributed by atoms with van der Waals surface area (Å²) in [6, 6.07) is 7.91. The summed E-state index contributed by atoms with van der Waals surface area (Å²) in [5.41, 5.74) is 8.99. The van der Waals surface area contributed by atoms with Gasteiger partial charge in [-0.25, -0.2) is 33.6 Å². The number of hydrogen-bond donors (Lipinski definition) is 9. The first kappa shape index (κ1) is 52.6. The van der Waals surface area contributed by atoms with Gasteiger partial charge in [-0.3, -0.25) is 23.0 Å². The molecule has 1 saturated heterocycles. The van der Waals surface area contributed by atoms with Gasteiger partial charge in [0.1, 0.15) is 48.8 Å². The van der Waals surface area contributed by atoms with Crippen molar-refractivity contribution >= 4 is 66.0 Å². The van der Waals surface area contributed by atoms with Crippen molar-refractivity contribution in [3.05, 3.63) is 52.4 Å². The number of hydrogen-bond acceptors (Lipinski definition) is 17. The number of nitrogen functional groups attached to an aromatic ring is 1. The number of carbonyl (C=O) groups is 1. The number of fused-ring (bicyclic) bond motifs is 5. The highest BCUT2D eigenvalue weighted by Crippen LogP contribution is 2.50. The van der Waals surface area contributed by atoms with Crippen LogP contribution in [0.4, 0.5) is 23.1 Å². The lowest BCUT2D eigenvalue weighted by Crippen LogP contribution is -2.50. The van der Waals surface area contributed by atoms with E-state index >= 15 is 0 Å². The Labute approximate surface area is 408 Å². The fourth-order valence-corrected chi connectivity index (χ4v) is 11.7. The standard InChI is InChI=1S/C43H60N10O15P2S/c1-4-51-15-9-11-25-17-28-32(19-30(25)51)66-33-20-31-27(18-29(33)49-28)26(23-71(62,63)64)21-43(2,3)52(31)16-10-12-35(54)45-13-7-5-6-8-14-46-42-50-36-39(44)47-24-48-40(36)53(42)41-38(68-70(59,60)61)37(55)34(67-41)22-65-69(56,57)58/h17-20,24,26,34,37-38,41,44,49,55H,4-16,21-23H2,1-3H3,(H6,45,54,56,57,58,59,60,61,62,63,64)/p+1/t26?,34-,37-,38-,41-/m1/s1. The molecule has 25 nitrogen and oxygen atoms in total. The van der Waals surface area contributed by atoms with Gasteiger partial charge in [0.15, 0.2) is 34.7 Å². The van der Waals surface area contributed by atoms with Crippen LogP contribution < -0.4 is 41.3 Å². The van der Waals surface area contributed by atoms with Crippen LogP contribution in [0.2, 0.25) is 0 Å². The number of nitrogens with zero attached hydrogens (tertiary/aromatic N) is 7. The van der Waals surface area contributed by atoms with E-state index in [0.717, 1.165) is 67.1 Å². The molecule has 4 aliphatic heterocycles. The predicted octanol–water partition coefficient (Wildman–Crippen LogP) is 2.30. The Morgan fingerprint density at radius 2 is 1.79 bits per heavy atom. The summed E-state index contributed by atoms with van der Waals surface area (Å²) in [5, 5.41) is 18.9. The molecule has 0 aliphatic carbocycles. The number of phosphoric acid groups is 2. The zero-order chi connectivity index (χ0) is 51.0. The summed E-state index contributed by atoms with van der Waals surface area (Å²) in [6.07, 6.45) is 0.456. The number of rotatable bonds is 21. The van der Waals surface area contributed by atoms with Crippen molar-refractivity contribution in [3.63, 3.8) is 0 Å². The molecule has 2 aromatic carbocycles. The number of unbranched alkanes of at least 4 members (excludes halogenated alkanes) is 3. The summed E-state index contributed by atoms with van der Waals surface area (Å²) in [5.74, 6) is 0.182. The Bertz CT molecular complexity index is 3000. The number of benzene rings is 2. The number of amides is 1. The molecule has 4 aliphatic rings. The van der Waals surface area contributed by atoms with Gasteiger partial charge in [-0.2, -0.15) is 8.42 Å². The molecule has 1 amide bonds. The van der Waals surface area contributed by atoms with Crippen molar-refractivity contribution in [2.24, 2.45) is 4.99 Å². The molecule has 5 atom stereocenters. The molecule has 10 N–H and O–H groups in total. The molecule has 4 aromatic rings. The zero-order valence-electron chi connectivity index (χ0n) is 39.5. The molecule has 1 fully saturated rings. The van der Waals surface area contributed by atoms with Crippen LogP contribution >= 0.6 is 15.6 Å². The van der Waals surface area contributed by atoms with Crippen molar-refractivity contribution in [1.29, 1.82) is 0 Å². The molecule has 8 rings (SSSR count). The Balaban J connectivity index is 0.852. The molecule has 388 valence electrons. The maximum Gasteiger partial charge on any atom is 0.470 e. The SMILES string of the molecule is CC[N+]1=c2cc3c(cc2CCC1)=Nc1cc2c(cc1O3)N(CCCC(=O)NCCCCCCNc1nc3c(N)ncnc3n1[C@@H]1O[C@H](COP(=O)(O)O)[C@@H](O)[C@H]1OP(=O)(O)O)C(C)(C)CC2CS(=O)(=O)O. The first-order chi connectivity index (χ1) is 33.5. The van der Waals surface area contributed by atoms with E-state index in [0.29, 0.717) is 62.5 Å². The highest BCUT2D eigenvalue weighted by atomic mass is 32.2. The van der Waals surface area contributed by atoms with E-state index in [1.807, 2.05) is 26.0 Å². The summed E-state index contributed by atoms with van der Waals surface area (Å²) in [4.78, 5) is 70.6. The minimum Gasteiger partial charge on any atom is -0.452 e. The van der Waals surface area contributed by atoms with Crippen molar-refractivity contribution in [3.8, 4) is 11.5 Å². The Morgan fingerprint density at radius 1 is 1.03 bits per heavy atom. The number of aromatic nitrogens is 4. The molecule has 6 heterocycles.